The molecule has 0 bridgehead atoms. The van der Waals surface area contributed by atoms with Crippen molar-refractivity contribution in [2.24, 2.45) is 23.7 Å². The van der Waals surface area contributed by atoms with Gasteiger partial charge in [0.15, 0.2) is 0 Å². The molecule has 0 aromatic heterocycles. The first-order valence-electron chi connectivity index (χ1n) is 11.2. The Bertz CT molecular complexity index is 528. The van der Waals surface area contributed by atoms with Gasteiger partial charge in [0, 0.05) is 0 Å². The van der Waals surface area contributed by atoms with E-state index in [2.05, 4.69) is 19.1 Å². The number of benzene rings is 1. The summed E-state index contributed by atoms with van der Waals surface area (Å²) in [5.74, 6) is 3.89. The van der Waals surface area contributed by atoms with Crippen LogP contribution in [0, 0.1) is 29.5 Å². The molecule has 0 spiro atoms. The van der Waals surface area contributed by atoms with Gasteiger partial charge < -0.3 is 0 Å². The Morgan fingerprint density at radius 3 is 1.88 bits per heavy atom. The summed E-state index contributed by atoms with van der Waals surface area (Å²) in [6.07, 6.45) is 21.6. The maximum atomic E-state index is 12.9. The molecule has 2 aliphatic carbocycles. The summed E-state index contributed by atoms with van der Waals surface area (Å²) in [6.45, 7) is 2.34. The molecule has 0 atom stereocenters. The van der Waals surface area contributed by atoms with E-state index in [9.17, 15) is 4.39 Å². The van der Waals surface area contributed by atoms with Crippen molar-refractivity contribution < 1.29 is 4.39 Å². The lowest BCUT2D eigenvalue weighted by Gasteiger charge is -2.38. The Morgan fingerprint density at radius 2 is 1.35 bits per heavy atom. The van der Waals surface area contributed by atoms with Crippen LogP contribution in [-0.2, 0) is 0 Å². The van der Waals surface area contributed by atoms with Gasteiger partial charge in [-0.3, -0.25) is 0 Å². The van der Waals surface area contributed by atoms with Crippen molar-refractivity contribution in [3.63, 3.8) is 0 Å². The van der Waals surface area contributed by atoms with Crippen LogP contribution in [0.2, 0.25) is 0 Å². The minimum absolute atomic E-state index is 0.155. The Kier molecular flexibility index (Phi) is 7.77. The van der Waals surface area contributed by atoms with E-state index in [4.69, 9.17) is 0 Å². The molecule has 0 nitrogen and oxygen atoms in total. The van der Waals surface area contributed by atoms with Crippen LogP contribution >= 0.6 is 0 Å². The van der Waals surface area contributed by atoms with E-state index >= 15 is 0 Å². The van der Waals surface area contributed by atoms with Crippen LogP contribution in [0.25, 0.3) is 6.08 Å². The minimum atomic E-state index is -0.155. The fourth-order valence-electron chi connectivity index (χ4n) is 5.43. The highest BCUT2D eigenvalue weighted by molar-refractivity contribution is 5.48. The summed E-state index contributed by atoms with van der Waals surface area (Å²) in [4.78, 5) is 0. The SMILES string of the molecule is CCCC1CCC(C2CCC(CCC=Cc3ccc(F)cc3)CC2)CC1. The van der Waals surface area contributed by atoms with E-state index in [1.165, 1.54) is 82.8 Å². The highest BCUT2D eigenvalue weighted by Gasteiger charge is 2.30. The van der Waals surface area contributed by atoms with E-state index in [1.54, 1.807) is 0 Å². The summed E-state index contributed by atoms with van der Waals surface area (Å²) in [7, 11) is 0. The van der Waals surface area contributed by atoms with Crippen LogP contribution in [0.4, 0.5) is 4.39 Å². The zero-order valence-electron chi connectivity index (χ0n) is 16.6. The van der Waals surface area contributed by atoms with Crippen molar-refractivity contribution in [2.75, 3.05) is 0 Å². The Morgan fingerprint density at radius 1 is 0.808 bits per heavy atom. The third-order valence-electron chi connectivity index (χ3n) is 7.07. The van der Waals surface area contributed by atoms with Gasteiger partial charge in [-0.25, -0.2) is 4.39 Å². The molecular formula is C25H37F. The van der Waals surface area contributed by atoms with Crippen LogP contribution in [0.5, 0.6) is 0 Å². The van der Waals surface area contributed by atoms with Crippen molar-refractivity contribution in [2.45, 2.75) is 84.0 Å². The molecule has 0 amide bonds. The molecule has 0 heterocycles. The first-order chi connectivity index (χ1) is 12.7. The lowest BCUT2D eigenvalue weighted by molar-refractivity contribution is 0.141. The molecular weight excluding hydrogens is 319 g/mol. The van der Waals surface area contributed by atoms with Crippen LogP contribution < -0.4 is 0 Å². The van der Waals surface area contributed by atoms with Crippen molar-refractivity contribution >= 4 is 6.08 Å². The number of rotatable bonds is 7. The van der Waals surface area contributed by atoms with E-state index in [1.807, 2.05) is 12.1 Å². The molecule has 0 radical (unpaired) electrons. The van der Waals surface area contributed by atoms with E-state index < -0.39 is 0 Å². The molecule has 3 rings (SSSR count). The quantitative estimate of drug-likeness (QED) is 0.464. The largest absolute Gasteiger partial charge is 0.207 e. The fourth-order valence-corrected chi connectivity index (χ4v) is 5.43. The van der Waals surface area contributed by atoms with E-state index in [-0.39, 0.29) is 5.82 Å². The van der Waals surface area contributed by atoms with Gasteiger partial charge in [0.1, 0.15) is 5.82 Å². The lowest BCUT2D eigenvalue weighted by atomic mass is 9.68. The minimum Gasteiger partial charge on any atom is -0.207 e. The number of hydrogen-bond acceptors (Lipinski definition) is 0. The maximum Gasteiger partial charge on any atom is 0.123 e. The monoisotopic (exact) mass is 356 g/mol. The van der Waals surface area contributed by atoms with E-state index in [0.29, 0.717) is 0 Å². The lowest BCUT2D eigenvalue weighted by Crippen LogP contribution is -2.25. The number of halogens is 1. The summed E-state index contributed by atoms with van der Waals surface area (Å²) >= 11 is 0. The van der Waals surface area contributed by atoms with Gasteiger partial charge >= 0.3 is 0 Å². The zero-order valence-corrected chi connectivity index (χ0v) is 16.6. The van der Waals surface area contributed by atoms with Gasteiger partial charge in [-0.1, -0.05) is 69.7 Å². The molecule has 1 aromatic rings. The molecule has 0 N–H and O–H groups in total. The molecule has 0 unspecified atom stereocenters. The second-order valence-electron chi connectivity index (χ2n) is 8.88. The standard InChI is InChI=1S/C25H37F/c1-2-5-20-8-14-23(15-9-20)24-16-10-21(11-17-24)6-3-4-7-22-12-18-25(26)19-13-22/h4,7,12-13,18-21,23-24H,2-3,5-6,8-11,14-17H2,1H3. The van der Waals surface area contributed by atoms with Gasteiger partial charge in [-0.15, -0.1) is 0 Å². The topological polar surface area (TPSA) is 0 Å². The predicted molar refractivity (Wildman–Crippen MR) is 110 cm³/mol. The Hall–Kier alpha value is -1.11. The van der Waals surface area contributed by atoms with Gasteiger partial charge in [0.2, 0.25) is 0 Å². The van der Waals surface area contributed by atoms with Crippen molar-refractivity contribution in [3.8, 4) is 0 Å². The molecule has 2 saturated carbocycles. The Balaban J connectivity index is 1.32. The highest BCUT2D eigenvalue weighted by Crippen LogP contribution is 2.42. The summed E-state index contributed by atoms with van der Waals surface area (Å²) < 4.78 is 12.9. The molecule has 0 aliphatic heterocycles. The maximum absolute atomic E-state index is 12.9. The van der Waals surface area contributed by atoms with Gasteiger partial charge in [0.25, 0.3) is 0 Å². The number of allylic oxidation sites excluding steroid dienone is 1. The molecule has 0 saturated heterocycles. The Labute approximate surface area is 160 Å². The second-order valence-corrected chi connectivity index (χ2v) is 8.88. The van der Waals surface area contributed by atoms with Crippen LogP contribution in [-0.4, -0.2) is 0 Å². The van der Waals surface area contributed by atoms with E-state index in [0.717, 1.165) is 35.7 Å². The average molecular weight is 357 g/mol. The van der Waals surface area contributed by atoms with Gasteiger partial charge in [-0.05, 0) is 79.9 Å². The van der Waals surface area contributed by atoms with Gasteiger partial charge in [-0.2, -0.15) is 0 Å². The van der Waals surface area contributed by atoms with Gasteiger partial charge in [0.05, 0.1) is 0 Å². The van der Waals surface area contributed by atoms with Crippen LogP contribution in [0.3, 0.4) is 0 Å². The first-order valence-corrected chi connectivity index (χ1v) is 11.2. The first kappa shape index (κ1) is 19.6. The number of hydrogen-bond donors (Lipinski definition) is 0. The third kappa shape index (κ3) is 5.96. The molecule has 144 valence electrons. The molecule has 2 aliphatic rings. The normalized spacial score (nSPS) is 29.9. The van der Waals surface area contributed by atoms with Crippen LogP contribution in [0.15, 0.2) is 30.3 Å². The summed E-state index contributed by atoms with van der Waals surface area (Å²) in [5, 5.41) is 0. The molecule has 26 heavy (non-hydrogen) atoms. The molecule has 1 heteroatoms. The zero-order chi connectivity index (χ0) is 18.2. The van der Waals surface area contributed by atoms with Crippen LogP contribution in [0.1, 0.15) is 89.5 Å². The average Bonchev–Trinajstić information content (AvgIpc) is 2.68. The van der Waals surface area contributed by atoms with Crippen molar-refractivity contribution in [1.82, 2.24) is 0 Å². The summed E-state index contributed by atoms with van der Waals surface area (Å²) in [6, 6.07) is 6.78. The smallest absolute Gasteiger partial charge is 0.123 e. The summed E-state index contributed by atoms with van der Waals surface area (Å²) in [5.41, 5.74) is 1.11. The molecule has 1 aromatic carbocycles. The highest BCUT2D eigenvalue weighted by atomic mass is 19.1. The van der Waals surface area contributed by atoms with Crippen molar-refractivity contribution in [3.05, 3.63) is 41.7 Å². The fraction of sp³-hybridized carbons (Fsp3) is 0.680. The third-order valence-corrected chi connectivity index (χ3v) is 7.07. The second kappa shape index (κ2) is 10.3. The molecule has 2 fully saturated rings. The predicted octanol–water partition coefficient (Wildman–Crippen LogP) is 8.03. The van der Waals surface area contributed by atoms with Crippen molar-refractivity contribution in [1.29, 1.82) is 0 Å².